The van der Waals surface area contributed by atoms with E-state index in [2.05, 4.69) is 59.1 Å². The van der Waals surface area contributed by atoms with Crippen molar-refractivity contribution in [3.63, 3.8) is 0 Å². The van der Waals surface area contributed by atoms with Gasteiger partial charge in [0, 0.05) is 11.6 Å². The largest absolute Gasteiger partial charge is 0.315 e. The molecule has 2 unspecified atom stereocenters. The zero-order chi connectivity index (χ0) is 10.6. The van der Waals surface area contributed by atoms with Gasteiger partial charge in [0.05, 0.1) is 0 Å². The SMILES string of the molecule is CCC(C)C(NC)C(C)(C)N(C)C. The third kappa shape index (κ3) is 2.96. The summed E-state index contributed by atoms with van der Waals surface area (Å²) >= 11 is 0. The molecule has 13 heavy (non-hydrogen) atoms. The summed E-state index contributed by atoms with van der Waals surface area (Å²) < 4.78 is 0. The Labute approximate surface area is 83.7 Å². The van der Waals surface area contributed by atoms with Gasteiger partial charge in [-0.05, 0) is 40.9 Å². The van der Waals surface area contributed by atoms with Crippen LogP contribution in [0.1, 0.15) is 34.1 Å². The summed E-state index contributed by atoms with van der Waals surface area (Å²) in [6, 6.07) is 0.549. The average Bonchev–Trinajstić information content (AvgIpc) is 2.04. The number of rotatable bonds is 5. The lowest BCUT2D eigenvalue weighted by molar-refractivity contribution is 0.110. The predicted octanol–water partition coefficient (Wildman–Crippen LogP) is 1.96. The minimum atomic E-state index is 0.212. The van der Waals surface area contributed by atoms with E-state index in [0.29, 0.717) is 12.0 Å². The Bertz CT molecular complexity index is 141. The summed E-state index contributed by atoms with van der Waals surface area (Å²) in [6.07, 6.45) is 1.22. The first-order valence-corrected chi connectivity index (χ1v) is 5.22. The van der Waals surface area contributed by atoms with Crippen molar-refractivity contribution in [1.29, 1.82) is 0 Å². The highest BCUT2D eigenvalue weighted by Gasteiger charge is 2.33. The first-order chi connectivity index (χ1) is 5.87. The highest BCUT2D eigenvalue weighted by atomic mass is 15.2. The molecule has 0 amide bonds. The minimum Gasteiger partial charge on any atom is -0.315 e. The van der Waals surface area contributed by atoms with Gasteiger partial charge in [0.25, 0.3) is 0 Å². The van der Waals surface area contributed by atoms with Crippen LogP contribution in [0.2, 0.25) is 0 Å². The first-order valence-electron chi connectivity index (χ1n) is 5.22. The van der Waals surface area contributed by atoms with Gasteiger partial charge in [-0.3, -0.25) is 0 Å². The molecule has 0 radical (unpaired) electrons. The van der Waals surface area contributed by atoms with Crippen molar-refractivity contribution in [3.05, 3.63) is 0 Å². The van der Waals surface area contributed by atoms with E-state index in [1.807, 2.05) is 0 Å². The molecule has 0 aromatic heterocycles. The van der Waals surface area contributed by atoms with Crippen molar-refractivity contribution >= 4 is 0 Å². The standard InChI is InChI=1S/C11H26N2/c1-8-9(2)10(12-5)11(3,4)13(6)7/h9-10,12H,8H2,1-7H3. The summed E-state index contributed by atoms with van der Waals surface area (Å²) in [4.78, 5) is 2.29. The minimum absolute atomic E-state index is 0.212. The van der Waals surface area contributed by atoms with Crippen LogP contribution in [0, 0.1) is 5.92 Å². The predicted molar refractivity (Wildman–Crippen MR) is 60.1 cm³/mol. The van der Waals surface area contributed by atoms with Gasteiger partial charge in [0.15, 0.2) is 0 Å². The van der Waals surface area contributed by atoms with Crippen LogP contribution >= 0.6 is 0 Å². The molecule has 0 aliphatic carbocycles. The van der Waals surface area contributed by atoms with Crippen molar-refractivity contribution in [1.82, 2.24) is 10.2 Å². The third-order valence-electron chi connectivity index (χ3n) is 3.44. The van der Waals surface area contributed by atoms with Crippen molar-refractivity contribution in [2.75, 3.05) is 21.1 Å². The molecular weight excluding hydrogens is 160 g/mol. The van der Waals surface area contributed by atoms with Crippen molar-refractivity contribution in [2.45, 2.75) is 45.7 Å². The molecule has 2 nitrogen and oxygen atoms in total. The van der Waals surface area contributed by atoms with E-state index >= 15 is 0 Å². The second-order valence-electron chi connectivity index (χ2n) is 4.70. The van der Waals surface area contributed by atoms with Crippen molar-refractivity contribution in [2.24, 2.45) is 5.92 Å². The highest BCUT2D eigenvalue weighted by molar-refractivity contribution is 4.93. The molecule has 0 fully saturated rings. The molecular formula is C11H26N2. The average molecular weight is 186 g/mol. The molecule has 80 valence electrons. The molecule has 0 aliphatic rings. The fourth-order valence-electron chi connectivity index (χ4n) is 1.85. The van der Waals surface area contributed by atoms with Gasteiger partial charge in [-0.25, -0.2) is 0 Å². The van der Waals surface area contributed by atoms with Gasteiger partial charge < -0.3 is 10.2 Å². The molecule has 0 saturated carbocycles. The first kappa shape index (κ1) is 12.9. The third-order valence-corrected chi connectivity index (χ3v) is 3.44. The summed E-state index contributed by atoms with van der Waals surface area (Å²) in [5.41, 5.74) is 0.212. The number of hydrogen-bond acceptors (Lipinski definition) is 2. The number of nitrogens with one attached hydrogen (secondary N) is 1. The molecule has 0 heterocycles. The quantitative estimate of drug-likeness (QED) is 0.706. The van der Waals surface area contributed by atoms with E-state index in [1.165, 1.54) is 6.42 Å². The lowest BCUT2D eigenvalue weighted by Gasteiger charge is -2.43. The topological polar surface area (TPSA) is 15.3 Å². The van der Waals surface area contributed by atoms with Crippen LogP contribution in [0.5, 0.6) is 0 Å². The van der Waals surface area contributed by atoms with Crippen LogP contribution in [0.3, 0.4) is 0 Å². The monoisotopic (exact) mass is 186 g/mol. The molecule has 1 N–H and O–H groups in total. The Hall–Kier alpha value is -0.0800. The maximum Gasteiger partial charge on any atom is 0.0302 e. The van der Waals surface area contributed by atoms with E-state index in [0.717, 1.165) is 0 Å². The molecule has 2 heteroatoms. The second-order valence-corrected chi connectivity index (χ2v) is 4.70. The lowest BCUT2D eigenvalue weighted by Crippen LogP contribution is -2.57. The Kier molecular flexibility index (Phi) is 4.93. The van der Waals surface area contributed by atoms with E-state index in [9.17, 15) is 0 Å². The van der Waals surface area contributed by atoms with Crippen LogP contribution in [0.15, 0.2) is 0 Å². The molecule has 0 aromatic rings. The second kappa shape index (κ2) is 4.97. The number of nitrogens with zero attached hydrogens (tertiary/aromatic N) is 1. The fourth-order valence-corrected chi connectivity index (χ4v) is 1.85. The van der Waals surface area contributed by atoms with Crippen LogP contribution in [0.4, 0.5) is 0 Å². The highest BCUT2D eigenvalue weighted by Crippen LogP contribution is 2.23. The van der Waals surface area contributed by atoms with Gasteiger partial charge in [0.2, 0.25) is 0 Å². The number of hydrogen-bond donors (Lipinski definition) is 1. The molecule has 2 atom stereocenters. The van der Waals surface area contributed by atoms with Crippen LogP contribution < -0.4 is 5.32 Å². The number of likely N-dealkylation sites (N-methyl/N-ethyl adjacent to an activating group) is 2. The molecule has 0 spiro atoms. The van der Waals surface area contributed by atoms with Crippen LogP contribution in [0.25, 0.3) is 0 Å². The maximum atomic E-state index is 3.43. The zero-order valence-corrected chi connectivity index (χ0v) is 10.3. The molecule has 0 bridgehead atoms. The van der Waals surface area contributed by atoms with Crippen LogP contribution in [-0.4, -0.2) is 37.6 Å². The Morgan fingerprint density at radius 2 is 1.77 bits per heavy atom. The molecule has 0 saturated heterocycles. The summed E-state index contributed by atoms with van der Waals surface area (Å²) in [5.74, 6) is 0.711. The molecule has 0 aromatic carbocycles. The van der Waals surface area contributed by atoms with Gasteiger partial charge in [-0.15, -0.1) is 0 Å². The Balaban J connectivity index is 4.55. The molecule has 0 rings (SSSR count). The van der Waals surface area contributed by atoms with Crippen LogP contribution in [-0.2, 0) is 0 Å². The van der Waals surface area contributed by atoms with E-state index in [-0.39, 0.29) is 5.54 Å². The van der Waals surface area contributed by atoms with Gasteiger partial charge >= 0.3 is 0 Å². The fraction of sp³-hybridized carbons (Fsp3) is 1.00. The molecule has 0 aliphatic heterocycles. The van der Waals surface area contributed by atoms with E-state index in [1.54, 1.807) is 0 Å². The smallest absolute Gasteiger partial charge is 0.0302 e. The Morgan fingerprint density at radius 3 is 2.00 bits per heavy atom. The normalized spacial score (nSPS) is 17.5. The van der Waals surface area contributed by atoms with Crippen molar-refractivity contribution < 1.29 is 0 Å². The van der Waals surface area contributed by atoms with E-state index in [4.69, 9.17) is 0 Å². The zero-order valence-electron chi connectivity index (χ0n) is 10.3. The van der Waals surface area contributed by atoms with Crippen molar-refractivity contribution in [3.8, 4) is 0 Å². The van der Waals surface area contributed by atoms with Gasteiger partial charge in [-0.2, -0.15) is 0 Å². The lowest BCUT2D eigenvalue weighted by atomic mass is 9.83. The van der Waals surface area contributed by atoms with E-state index < -0.39 is 0 Å². The Morgan fingerprint density at radius 1 is 1.31 bits per heavy atom. The summed E-state index contributed by atoms with van der Waals surface area (Å²) in [7, 11) is 6.35. The summed E-state index contributed by atoms with van der Waals surface area (Å²) in [6.45, 7) is 9.15. The summed E-state index contributed by atoms with van der Waals surface area (Å²) in [5, 5.41) is 3.43. The maximum absolute atomic E-state index is 3.43. The van der Waals surface area contributed by atoms with Gasteiger partial charge in [0.1, 0.15) is 0 Å². The van der Waals surface area contributed by atoms with Gasteiger partial charge in [-0.1, -0.05) is 20.3 Å².